The van der Waals surface area contributed by atoms with Crippen LogP contribution in [0.25, 0.3) is 0 Å². The lowest BCUT2D eigenvalue weighted by Gasteiger charge is -2.17. The number of benzene rings is 3. The van der Waals surface area contributed by atoms with Gasteiger partial charge in [-0.2, -0.15) is 0 Å². The summed E-state index contributed by atoms with van der Waals surface area (Å²) in [5.74, 6) is -1.86. The Bertz CT molecular complexity index is 1440. The van der Waals surface area contributed by atoms with Gasteiger partial charge in [-0.3, -0.25) is 9.59 Å². The fraction of sp³-hybridized carbons (Fsp3) is 0.160. The molecule has 1 atom stereocenters. The van der Waals surface area contributed by atoms with Gasteiger partial charge >= 0.3 is 5.97 Å². The summed E-state index contributed by atoms with van der Waals surface area (Å²) in [5.41, 5.74) is 1.26. The Labute approximate surface area is 228 Å². The molecule has 0 aliphatic rings. The van der Waals surface area contributed by atoms with Crippen molar-refractivity contribution < 1.29 is 27.5 Å². The highest BCUT2D eigenvalue weighted by Gasteiger charge is 2.24. The first-order chi connectivity index (χ1) is 17.4. The number of amides is 2. The fourth-order valence-electron chi connectivity index (χ4n) is 3.35. The Kier molecular flexibility index (Phi) is 9.20. The van der Waals surface area contributed by atoms with E-state index >= 15 is 0 Å². The van der Waals surface area contributed by atoms with Gasteiger partial charge < -0.3 is 15.4 Å². The Morgan fingerprint density at radius 2 is 1.51 bits per heavy atom. The summed E-state index contributed by atoms with van der Waals surface area (Å²) in [6, 6.07) is 13.9. The number of methoxy groups -OCH3 is 1. The predicted octanol–water partition coefficient (Wildman–Crippen LogP) is 4.82. The van der Waals surface area contributed by atoms with Gasteiger partial charge in [-0.15, -0.1) is 0 Å². The number of hydrogen-bond acceptors (Lipinski definition) is 6. The zero-order valence-corrected chi connectivity index (χ0v) is 22.6. The molecule has 0 aromatic heterocycles. The van der Waals surface area contributed by atoms with Gasteiger partial charge in [0.15, 0.2) is 9.84 Å². The second-order valence-electron chi connectivity index (χ2n) is 7.91. The van der Waals surface area contributed by atoms with Crippen LogP contribution in [0.3, 0.4) is 0 Å². The van der Waals surface area contributed by atoms with E-state index in [4.69, 9.17) is 39.5 Å². The van der Waals surface area contributed by atoms with Crippen LogP contribution in [-0.2, 0) is 25.8 Å². The maximum atomic E-state index is 12.8. The molecule has 0 saturated heterocycles. The minimum absolute atomic E-state index is 0.000682. The topological polar surface area (TPSA) is 119 Å². The summed E-state index contributed by atoms with van der Waals surface area (Å²) in [7, 11) is -2.32. The maximum Gasteiger partial charge on any atom is 0.328 e. The van der Waals surface area contributed by atoms with Crippen molar-refractivity contribution in [2.75, 3.05) is 18.7 Å². The molecule has 12 heteroatoms. The third kappa shape index (κ3) is 7.23. The molecule has 0 heterocycles. The van der Waals surface area contributed by atoms with Gasteiger partial charge in [-0.25, -0.2) is 13.2 Å². The number of anilines is 1. The average molecular weight is 584 g/mol. The third-order valence-electron chi connectivity index (χ3n) is 5.25. The van der Waals surface area contributed by atoms with E-state index < -0.39 is 33.7 Å². The molecule has 194 valence electrons. The lowest BCUT2D eigenvalue weighted by molar-refractivity contribution is -0.142. The standard InChI is InChI=1S/C25H21Cl3N2O6S/c1-36-25(33)21(30-23(31)17-11-10-16(13-20(17)28)37(2,34)35)12-14-6-8-15(9-7-14)29-24(32)22-18(26)4-3-5-19(22)27/h3-11,13,21H,12H2,1-2H3,(H,29,32)(H,30,31). The Balaban J connectivity index is 1.73. The number of esters is 1. The summed E-state index contributed by atoms with van der Waals surface area (Å²) in [6.07, 6.45) is 1.09. The largest absolute Gasteiger partial charge is 0.467 e. The second-order valence-corrected chi connectivity index (χ2v) is 11.2. The highest BCUT2D eigenvalue weighted by Crippen LogP contribution is 2.26. The summed E-state index contributed by atoms with van der Waals surface area (Å²) in [5, 5.41) is 5.61. The summed E-state index contributed by atoms with van der Waals surface area (Å²) < 4.78 is 28.2. The van der Waals surface area contributed by atoms with Crippen molar-refractivity contribution in [3.05, 3.63) is 92.4 Å². The molecular formula is C25H21Cl3N2O6S. The van der Waals surface area contributed by atoms with E-state index in [0.717, 1.165) is 6.26 Å². The van der Waals surface area contributed by atoms with Crippen LogP contribution in [0.2, 0.25) is 15.1 Å². The van der Waals surface area contributed by atoms with E-state index in [2.05, 4.69) is 10.6 Å². The third-order valence-corrected chi connectivity index (χ3v) is 7.30. The number of halogens is 3. The number of ether oxygens (including phenoxy) is 1. The molecule has 2 amide bonds. The van der Waals surface area contributed by atoms with Gasteiger partial charge in [0.25, 0.3) is 11.8 Å². The number of nitrogens with one attached hydrogen (secondary N) is 2. The fourth-order valence-corrected chi connectivity index (χ4v) is 4.90. The first kappa shape index (κ1) is 28.5. The average Bonchev–Trinajstić information content (AvgIpc) is 2.83. The van der Waals surface area contributed by atoms with Gasteiger partial charge in [-0.1, -0.05) is 53.0 Å². The monoisotopic (exact) mass is 582 g/mol. The molecule has 8 nitrogen and oxygen atoms in total. The lowest BCUT2D eigenvalue weighted by Crippen LogP contribution is -2.43. The molecule has 0 aliphatic heterocycles. The van der Waals surface area contributed by atoms with Gasteiger partial charge in [0.05, 0.1) is 38.2 Å². The van der Waals surface area contributed by atoms with Crippen molar-refractivity contribution in [1.29, 1.82) is 0 Å². The minimum Gasteiger partial charge on any atom is -0.467 e. The van der Waals surface area contributed by atoms with Crippen LogP contribution in [0.5, 0.6) is 0 Å². The number of carbonyl (C=O) groups is 3. The van der Waals surface area contributed by atoms with Crippen LogP contribution in [0.4, 0.5) is 5.69 Å². The molecule has 0 radical (unpaired) electrons. The SMILES string of the molecule is COC(=O)C(Cc1ccc(NC(=O)c2c(Cl)cccc2Cl)cc1)NC(=O)c1ccc(S(C)(=O)=O)cc1Cl. The smallest absolute Gasteiger partial charge is 0.328 e. The highest BCUT2D eigenvalue weighted by molar-refractivity contribution is 7.90. The lowest BCUT2D eigenvalue weighted by atomic mass is 10.0. The molecule has 0 fully saturated rings. The van der Waals surface area contributed by atoms with Crippen molar-refractivity contribution in [3.63, 3.8) is 0 Å². The molecule has 3 rings (SSSR count). The summed E-state index contributed by atoms with van der Waals surface area (Å²) in [4.78, 5) is 37.7. The number of rotatable bonds is 8. The molecule has 0 bridgehead atoms. The van der Waals surface area contributed by atoms with Crippen molar-refractivity contribution in [2.24, 2.45) is 0 Å². The quantitative estimate of drug-likeness (QED) is 0.367. The molecule has 0 spiro atoms. The molecule has 2 N–H and O–H groups in total. The molecule has 37 heavy (non-hydrogen) atoms. The van der Waals surface area contributed by atoms with Crippen LogP contribution in [0.1, 0.15) is 26.3 Å². The molecule has 3 aromatic carbocycles. The zero-order chi connectivity index (χ0) is 27.3. The Hall–Kier alpha value is -3.11. The van der Waals surface area contributed by atoms with Crippen molar-refractivity contribution in [3.8, 4) is 0 Å². The Morgan fingerprint density at radius 1 is 0.892 bits per heavy atom. The Morgan fingerprint density at radius 3 is 2.05 bits per heavy atom. The normalized spacial score (nSPS) is 11.9. The van der Waals surface area contributed by atoms with E-state index in [1.54, 1.807) is 42.5 Å². The summed E-state index contributed by atoms with van der Waals surface area (Å²) >= 11 is 18.3. The predicted molar refractivity (Wildman–Crippen MR) is 142 cm³/mol. The van der Waals surface area contributed by atoms with Crippen molar-refractivity contribution in [1.82, 2.24) is 5.32 Å². The van der Waals surface area contributed by atoms with E-state index in [9.17, 15) is 22.8 Å². The van der Waals surface area contributed by atoms with Crippen LogP contribution >= 0.6 is 34.8 Å². The number of carbonyl (C=O) groups excluding carboxylic acids is 3. The molecule has 1 unspecified atom stereocenters. The van der Waals surface area contributed by atoms with Crippen LogP contribution in [0.15, 0.2) is 65.6 Å². The van der Waals surface area contributed by atoms with E-state index in [-0.39, 0.29) is 37.5 Å². The van der Waals surface area contributed by atoms with Gasteiger partial charge in [-0.05, 0) is 48.0 Å². The molecular weight excluding hydrogens is 563 g/mol. The van der Waals surface area contributed by atoms with Crippen molar-refractivity contribution in [2.45, 2.75) is 17.4 Å². The van der Waals surface area contributed by atoms with Gasteiger partial charge in [0.2, 0.25) is 0 Å². The molecule has 0 saturated carbocycles. The molecule has 3 aromatic rings. The number of sulfone groups is 1. The van der Waals surface area contributed by atoms with Gasteiger partial charge in [0.1, 0.15) is 6.04 Å². The zero-order valence-electron chi connectivity index (χ0n) is 19.5. The van der Waals surface area contributed by atoms with E-state index in [0.29, 0.717) is 11.3 Å². The second kappa shape index (κ2) is 12.0. The molecule has 0 aliphatic carbocycles. The van der Waals surface area contributed by atoms with E-state index in [1.165, 1.54) is 25.3 Å². The maximum absolute atomic E-state index is 12.8. The van der Waals surface area contributed by atoms with Crippen LogP contribution in [-0.4, -0.2) is 45.6 Å². The van der Waals surface area contributed by atoms with Crippen LogP contribution in [0, 0.1) is 0 Å². The first-order valence-corrected chi connectivity index (χ1v) is 13.7. The first-order valence-electron chi connectivity index (χ1n) is 10.6. The number of hydrogen-bond donors (Lipinski definition) is 2. The van der Waals surface area contributed by atoms with Crippen LogP contribution < -0.4 is 10.6 Å². The summed E-state index contributed by atoms with van der Waals surface area (Å²) in [6.45, 7) is 0. The van der Waals surface area contributed by atoms with Gasteiger partial charge in [0, 0.05) is 18.4 Å². The highest BCUT2D eigenvalue weighted by atomic mass is 35.5. The van der Waals surface area contributed by atoms with Crippen molar-refractivity contribution >= 4 is 68.1 Å². The van der Waals surface area contributed by atoms with E-state index in [1.807, 2.05) is 0 Å². The minimum atomic E-state index is -3.51.